The fraction of sp³-hybridized carbons (Fsp3) is 0.511. The largest absolute Gasteiger partial charge is 0.414 e. The minimum absolute atomic E-state index is 0.00383. The van der Waals surface area contributed by atoms with Crippen molar-refractivity contribution in [2.24, 2.45) is 0 Å². The van der Waals surface area contributed by atoms with Crippen molar-refractivity contribution >= 4 is 54.0 Å². The van der Waals surface area contributed by atoms with Crippen LogP contribution in [0.2, 0.25) is 54.4 Å². The van der Waals surface area contributed by atoms with Gasteiger partial charge < -0.3 is 18.0 Å². The van der Waals surface area contributed by atoms with Crippen molar-refractivity contribution in [3.05, 3.63) is 124 Å². The first-order chi connectivity index (χ1) is 28.3. The number of aromatic nitrogens is 4. The van der Waals surface area contributed by atoms with Crippen LogP contribution in [-0.4, -0.2) is 69.4 Å². The molecule has 3 aromatic carbocycles. The molecule has 0 spiro atoms. The maximum Gasteiger partial charge on any atom is 0.280 e. The number of imidazole rings is 1. The molecule has 14 heteroatoms. The van der Waals surface area contributed by atoms with Gasteiger partial charge in [0, 0.05) is 0 Å². The van der Waals surface area contributed by atoms with Gasteiger partial charge in [0.1, 0.15) is 23.1 Å². The summed E-state index contributed by atoms with van der Waals surface area (Å²) in [5, 5.41) is -0.164. The molecule has 1 fully saturated rings. The van der Waals surface area contributed by atoms with Gasteiger partial charge in [0.2, 0.25) is 5.95 Å². The summed E-state index contributed by atoms with van der Waals surface area (Å²) in [5.74, 6) is 0.295. The van der Waals surface area contributed by atoms with Gasteiger partial charge >= 0.3 is 0 Å². The lowest BCUT2D eigenvalue weighted by Crippen LogP contribution is -2.54. The van der Waals surface area contributed by atoms with Crippen molar-refractivity contribution in [3.8, 4) is 0 Å². The quantitative estimate of drug-likeness (QED) is 0.0639. The molecule has 10 nitrogen and oxygen atoms in total. The molecule has 1 aliphatic heterocycles. The van der Waals surface area contributed by atoms with E-state index in [9.17, 15) is 4.79 Å². The minimum Gasteiger partial charge on any atom is -0.414 e. The molecule has 0 amide bonds. The minimum atomic E-state index is -2.44. The standard InChI is InChI=1S/C47H69N5O5SSi3/c1-44(2,3)59(10,11)54-31-36-38(56-60(12,13)45(4,5)6)39(57-61(14,15)46(7,8)9)42(55-36)52-32-48-37-40(52)49-43(50-41(37)53)51-58-47(33-25-19-16-20-26-33,34-27-21-17-22-28-34)35-29-23-18-24-30-35/h16-30,32,36,38-39,42H,31H2,1-15H3,(H2,49,50,51,53)/t36-,38-,39-,42-/m1/s1. The van der Waals surface area contributed by atoms with Gasteiger partial charge in [0.05, 0.1) is 12.9 Å². The highest BCUT2D eigenvalue weighted by Crippen LogP contribution is 2.49. The average molecular weight is 900 g/mol. The maximum absolute atomic E-state index is 14.0. The zero-order valence-electron chi connectivity index (χ0n) is 39.0. The maximum atomic E-state index is 14.0. The molecule has 0 radical (unpaired) electrons. The van der Waals surface area contributed by atoms with Crippen molar-refractivity contribution in [2.75, 3.05) is 11.3 Å². The summed E-state index contributed by atoms with van der Waals surface area (Å²) in [7, 11) is -7.01. The first-order valence-corrected chi connectivity index (χ1v) is 31.1. The molecule has 1 saturated heterocycles. The second kappa shape index (κ2) is 17.3. The molecule has 5 aromatic rings. The molecule has 6 rings (SSSR count). The summed E-state index contributed by atoms with van der Waals surface area (Å²) in [4.78, 5) is 26.8. The van der Waals surface area contributed by atoms with Crippen LogP contribution in [0, 0.1) is 0 Å². The van der Waals surface area contributed by atoms with Gasteiger partial charge in [-0.3, -0.25) is 19.1 Å². The zero-order chi connectivity index (χ0) is 44.8. The third-order valence-corrected chi connectivity index (χ3v) is 28.5. The van der Waals surface area contributed by atoms with Gasteiger partial charge in [-0.1, -0.05) is 153 Å². The summed E-state index contributed by atoms with van der Waals surface area (Å²) < 4.78 is 33.6. The molecule has 4 atom stereocenters. The molecule has 330 valence electrons. The normalized spacial score (nSPS) is 19.7. The van der Waals surface area contributed by atoms with Gasteiger partial charge in [-0.05, 0) is 83.0 Å². The number of anilines is 1. The number of benzene rings is 3. The number of nitrogens with one attached hydrogen (secondary N) is 2. The Kier molecular flexibility index (Phi) is 13.4. The number of fused-ring (bicyclic) bond motifs is 1. The van der Waals surface area contributed by atoms with Gasteiger partial charge in [0.25, 0.3) is 5.56 Å². The van der Waals surface area contributed by atoms with Crippen LogP contribution in [0.15, 0.2) is 102 Å². The van der Waals surface area contributed by atoms with E-state index >= 15 is 0 Å². The third kappa shape index (κ3) is 9.62. The van der Waals surface area contributed by atoms with Crippen molar-refractivity contribution in [2.45, 2.75) is 146 Å². The number of hydrogen-bond donors (Lipinski definition) is 2. The van der Waals surface area contributed by atoms with Crippen LogP contribution in [0.1, 0.15) is 85.2 Å². The lowest BCUT2D eigenvalue weighted by atomic mass is 9.84. The van der Waals surface area contributed by atoms with Crippen LogP contribution in [0.25, 0.3) is 11.2 Å². The molecular formula is C47H69N5O5SSi3. The van der Waals surface area contributed by atoms with E-state index < -0.39 is 54.2 Å². The Hall–Kier alpha value is -3.35. The fourth-order valence-electron chi connectivity index (χ4n) is 6.86. The fourth-order valence-corrected chi connectivity index (χ4v) is 11.6. The van der Waals surface area contributed by atoms with E-state index in [1.807, 2.05) is 22.8 Å². The third-order valence-electron chi connectivity index (χ3n) is 13.7. The summed E-state index contributed by atoms with van der Waals surface area (Å²) in [5.41, 5.74) is 3.46. The number of ether oxygens (including phenoxy) is 1. The number of H-pyrrole nitrogens is 1. The monoisotopic (exact) mass is 899 g/mol. The van der Waals surface area contributed by atoms with E-state index in [1.54, 1.807) is 6.33 Å². The van der Waals surface area contributed by atoms with Gasteiger partial charge in [0.15, 0.2) is 42.3 Å². The van der Waals surface area contributed by atoms with Crippen molar-refractivity contribution in [1.82, 2.24) is 19.5 Å². The van der Waals surface area contributed by atoms with Crippen molar-refractivity contribution < 1.29 is 18.0 Å². The SMILES string of the molecule is CC(C)(C)[Si](C)(C)OC[C@H]1O[C@@H](n2cnc3c(=O)[nH]c(NSC(c4ccccc4)(c4ccccc4)c4ccccc4)nc32)[C@H](O[Si](C)(C)C(C)(C)C)[C@@H]1O[Si](C)(C)C(C)(C)C. The topological polar surface area (TPSA) is 113 Å². The van der Waals surface area contributed by atoms with Gasteiger partial charge in [-0.2, -0.15) is 4.98 Å². The molecule has 2 aromatic heterocycles. The summed E-state index contributed by atoms with van der Waals surface area (Å²) in [6, 6.07) is 31.2. The Balaban J connectivity index is 1.47. The van der Waals surface area contributed by atoms with Crippen LogP contribution in [0.3, 0.4) is 0 Å². The second-order valence-corrected chi connectivity index (χ2v) is 36.4. The van der Waals surface area contributed by atoms with Crippen LogP contribution >= 0.6 is 11.9 Å². The highest BCUT2D eigenvalue weighted by molar-refractivity contribution is 8.01. The molecule has 61 heavy (non-hydrogen) atoms. The number of hydrogen-bond acceptors (Lipinski definition) is 9. The molecule has 2 N–H and O–H groups in total. The Bertz CT molecular complexity index is 2210. The number of aromatic amines is 1. The highest BCUT2D eigenvalue weighted by Gasteiger charge is 2.55. The van der Waals surface area contributed by atoms with E-state index in [0.717, 1.165) is 16.7 Å². The van der Waals surface area contributed by atoms with Gasteiger partial charge in [-0.25, -0.2) is 4.98 Å². The van der Waals surface area contributed by atoms with E-state index in [-0.39, 0.29) is 26.2 Å². The predicted octanol–water partition coefficient (Wildman–Crippen LogP) is 11.9. The molecule has 0 aliphatic carbocycles. The first kappa shape index (κ1) is 47.1. The Morgan fingerprint density at radius 3 is 1.57 bits per heavy atom. The second-order valence-electron chi connectivity index (χ2n) is 21.0. The Morgan fingerprint density at radius 1 is 0.689 bits per heavy atom. The summed E-state index contributed by atoms with van der Waals surface area (Å²) in [6.07, 6.45) is -0.457. The van der Waals surface area contributed by atoms with Crippen molar-refractivity contribution in [1.29, 1.82) is 0 Å². The Morgan fingerprint density at radius 2 is 1.13 bits per heavy atom. The lowest BCUT2D eigenvalue weighted by molar-refractivity contribution is -0.0470. The van der Waals surface area contributed by atoms with Crippen LogP contribution in [0.5, 0.6) is 0 Å². The van der Waals surface area contributed by atoms with E-state index in [0.29, 0.717) is 18.2 Å². The smallest absolute Gasteiger partial charge is 0.280 e. The molecule has 3 heterocycles. The van der Waals surface area contributed by atoms with Gasteiger partial charge in [-0.15, -0.1) is 0 Å². The predicted molar refractivity (Wildman–Crippen MR) is 260 cm³/mol. The molecule has 0 bridgehead atoms. The zero-order valence-corrected chi connectivity index (χ0v) is 42.9. The molecular weight excluding hydrogens is 831 g/mol. The highest BCUT2D eigenvalue weighted by atomic mass is 32.2. The number of rotatable bonds is 14. The first-order valence-electron chi connectivity index (χ1n) is 21.5. The van der Waals surface area contributed by atoms with E-state index in [1.165, 1.54) is 11.9 Å². The molecule has 1 aliphatic rings. The van der Waals surface area contributed by atoms with E-state index in [4.69, 9.17) is 23.0 Å². The van der Waals surface area contributed by atoms with Crippen LogP contribution in [-0.2, 0) is 22.8 Å². The summed E-state index contributed by atoms with van der Waals surface area (Å²) in [6.45, 7) is 34.2. The van der Waals surface area contributed by atoms with E-state index in [2.05, 4.69) is 189 Å². The van der Waals surface area contributed by atoms with Crippen LogP contribution in [0.4, 0.5) is 5.95 Å². The number of nitrogens with zero attached hydrogens (tertiary/aromatic N) is 3. The molecule has 0 unspecified atom stereocenters. The van der Waals surface area contributed by atoms with Crippen LogP contribution < -0.4 is 10.3 Å². The summed E-state index contributed by atoms with van der Waals surface area (Å²) >= 11 is 1.48. The molecule has 0 saturated carbocycles. The average Bonchev–Trinajstić information content (AvgIpc) is 3.75. The Labute approximate surface area is 371 Å². The van der Waals surface area contributed by atoms with Crippen molar-refractivity contribution in [3.63, 3.8) is 0 Å². The lowest BCUT2D eigenvalue weighted by Gasteiger charge is -2.44.